The first-order valence-corrected chi connectivity index (χ1v) is 7.38. The Hall–Kier alpha value is -2.37. The molecule has 0 bridgehead atoms. The SMILES string of the molecule is O=CCC(=C=C[C@@H]1C[C@@H]1c1ccccc1)c1ccccc1. The van der Waals surface area contributed by atoms with E-state index in [4.69, 9.17) is 0 Å². The van der Waals surface area contributed by atoms with E-state index in [9.17, 15) is 4.79 Å². The lowest BCUT2D eigenvalue weighted by Crippen LogP contribution is -1.84. The van der Waals surface area contributed by atoms with E-state index in [0.29, 0.717) is 18.3 Å². The first kappa shape index (κ1) is 13.6. The molecule has 104 valence electrons. The summed E-state index contributed by atoms with van der Waals surface area (Å²) in [6.07, 6.45) is 4.69. The second kappa shape index (κ2) is 6.39. The van der Waals surface area contributed by atoms with Gasteiger partial charge in [0.1, 0.15) is 6.29 Å². The van der Waals surface area contributed by atoms with Crippen LogP contribution in [0.1, 0.15) is 29.9 Å². The van der Waals surface area contributed by atoms with Crippen LogP contribution in [0.15, 0.2) is 72.5 Å². The summed E-state index contributed by atoms with van der Waals surface area (Å²) in [6.45, 7) is 0. The highest BCUT2D eigenvalue weighted by Gasteiger charge is 2.35. The van der Waals surface area contributed by atoms with E-state index in [1.807, 2.05) is 36.4 Å². The molecular formula is C20H18O. The van der Waals surface area contributed by atoms with E-state index in [0.717, 1.165) is 17.4 Å². The van der Waals surface area contributed by atoms with E-state index >= 15 is 0 Å². The average Bonchev–Trinajstić information content (AvgIpc) is 3.33. The van der Waals surface area contributed by atoms with Crippen molar-refractivity contribution in [1.29, 1.82) is 0 Å². The van der Waals surface area contributed by atoms with Gasteiger partial charge in [-0.25, -0.2) is 0 Å². The van der Waals surface area contributed by atoms with Crippen LogP contribution in [0.4, 0.5) is 0 Å². The number of aldehydes is 1. The molecule has 1 nitrogen and oxygen atoms in total. The fraction of sp³-hybridized carbons (Fsp3) is 0.200. The minimum Gasteiger partial charge on any atom is -0.303 e. The summed E-state index contributed by atoms with van der Waals surface area (Å²) >= 11 is 0. The summed E-state index contributed by atoms with van der Waals surface area (Å²) in [5.41, 5.74) is 6.82. The van der Waals surface area contributed by atoms with Gasteiger partial charge in [-0.2, -0.15) is 0 Å². The molecule has 1 heteroatoms. The Balaban J connectivity index is 1.78. The highest BCUT2D eigenvalue weighted by atomic mass is 16.1. The lowest BCUT2D eigenvalue weighted by atomic mass is 10.0. The average molecular weight is 274 g/mol. The first-order chi connectivity index (χ1) is 10.4. The third-order valence-corrected chi connectivity index (χ3v) is 3.95. The summed E-state index contributed by atoms with van der Waals surface area (Å²) in [5.74, 6) is 1.17. The molecule has 0 unspecified atom stereocenters. The molecule has 0 N–H and O–H groups in total. The van der Waals surface area contributed by atoms with E-state index < -0.39 is 0 Å². The zero-order chi connectivity index (χ0) is 14.5. The monoisotopic (exact) mass is 274 g/mol. The van der Waals surface area contributed by atoms with Crippen LogP contribution in [0.5, 0.6) is 0 Å². The fourth-order valence-corrected chi connectivity index (χ4v) is 2.67. The van der Waals surface area contributed by atoms with Crippen molar-refractivity contribution < 1.29 is 4.79 Å². The Morgan fingerprint density at radius 1 is 1.05 bits per heavy atom. The third kappa shape index (κ3) is 3.39. The summed E-state index contributed by atoms with van der Waals surface area (Å²) in [4.78, 5) is 10.9. The molecule has 1 fully saturated rings. The van der Waals surface area contributed by atoms with E-state index in [1.54, 1.807) is 0 Å². The van der Waals surface area contributed by atoms with Crippen LogP contribution in [0, 0.1) is 5.92 Å². The van der Waals surface area contributed by atoms with Crippen molar-refractivity contribution in [2.75, 3.05) is 0 Å². The van der Waals surface area contributed by atoms with E-state index in [1.165, 1.54) is 12.0 Å². The Morgan fingerprint density at radius 2 is 1.71 bits per heavy atom. The topological polar surface area (TPSA) is 17.1 Å². The molecule has 0 amide bonds. The number of carbonyl (C=O) groups is 1. The first-order valence-electron chi connectivity index (χ1n) is 7.38. The van der Waals surface area contributed by atoms with Crippen molar-refractivity contribution in [3.05, 3.63) is 83.6 Å². The molecule has 0 spiro atoms. The maximum atomic E-state index is 10.9. The number of hydrogen-bond acceptors (Lipinski definition) is 1. The molecule has 1 aliphatic rings. The number of carbonyl (C=O) groups excluding carboxylic acids is 1. The van der Waals surface area contributed by atoms with Gasteiger partial charge in [-0.3, -0.25) is 0 Å². The highest BCUT2D eigenvalue weighted by molar-refractivity contribution is 5.76. The molecule has 2 aromatic rings. The van der Waals surface area contributed by atoms with Crippen LogP contribution in [0.25, 0.3) is 5.57 Å². The van der Waals surface area contributed by atoms with E-state index in [2.05, 4.69) is 36.1 Å². The van der Waals surface area contributed by atoms with Crippen molar-refractivity contribution in [3.8, 4) is 0 Å². The summed E-state index contributed by atoms with van der Waals surface area (Å²) in [6, 6.07) is 20.6. The Morgan fingerprint density at radius 3 is 2.38 bits per heavy atom. The minimum atomic E-state index is 0.420. The predicted molar refractivity (Wildman–Crippen MR) is 85.9 cm³/mol. The van der Waals surface area contributed by atoms with Gasteiger partial charge in [0.05, 0.1) is 0 Å². The summed E-state index contributed by atoms with van der Waals surface area (Å²) in [7, 11) is 0. The molecule has 0 aliphatic heterocycles. The van der Waals surface area contributed by atoms with Gasteiger partial charge in [-0.1, -0.05) is 60.7 Å². The Bertz CT molecular complexity index is 663. The molecule has 1 saturated carbocycles. The molecule has 21 heavy (non-hydrogen) atoms. The quantitative estimate of drug-likeness (QED) is 0.574. The summed E-state index contributed by atoms with van der Waals surface area (Å²) < 4.78 is 0. The standard InChI is InChI=1S/C20H18O/c21-14-13-17(16-7-3-1-4-8-16)11-12-19-15-20(19)18-9-5-2-6-10-18/h1-10,12,14,19-20H,13,15H2/t11?,19-,20-/m1/s1. The molecule has 1 aliphatic carbocycles. The van der Waals surface area contributed by atoms with Gasteiger partial charge >= 0.3 is 0 Å². The molecule has 0 saturated heterocycles. The largest absolute Gasteiger partial charge is 0.303 e. The third-order valence-electron chi connectivity index (χ3n) is 3.95. The molecule has 0 radical (unpaired) electrons. The maximum Gasteiger partial charge on any atom is 0.125 e. The molecule has 0 aromatic heterocycles. The molecule has 3 rings (SSSR count). The lowest BCUT2D eigenvalue weighted by Gasteiger charge is -2.00. The van der Waals surface area contributed by atoms with Crippen molar-refractivity contribution >= 4 is 11.9 Å². The van der Waals surface area contributed by atoms with Gasteiger partial charge in [0.15, 0.2) is 0 Å². The van der Waals surface area contributed by atoms with Crippen molar-refractivity contribution in [2.45, 2.75) is 18.8 Å². The van der Waals surface area contributed by atoms with Crippen LogP contribution < -0.4 is 0 Å². The van der Waals surface area contributed by atoms with Gasteiger partial charge in [0.25, 0.3) is 0 Å². The fourth-order valence-electron chi connectivity index (χ4n) is 2.67. The van der Waals surface area contributed by atoms with Gasteiger partial charge in [0, 0.05) is 12.0 Å². The number of benzene rings is 2. The Kier molecular flexibility index (Phi) is 4.14. The van der Waals surface area contributed by atoms with Crippen LogP contribution in [0.2, 0.25) is 0 Å². The van der Waals surface area contributed by atoms with Gasteiger partial charge < -0.3 is 4.79 Å². The van der Waals surface area contributed by atoms with Gasteiger partial charge in [0.2, 0.25) is 0 Å². The summed E-state index contributed by atoms with van der Waals surface area (Å²) in [5, 5.41) is 0. The Labute approximate surface area is 125 Å². The van der Waals surface area contributed by atoms with Crippen molar-refractivity contribution in [3.63, 3.8) is 0 Å². The maximum absolute atomic E-state index is 10.9. The van der Waals surface area contributed by atoms with Crippen molar-refractivity contribution in [1.82, 2.24) is 0 Å². The lowest BCUT2D eigenvalue weighted by molar-refractivity contribution is -0.107. The molecule has 2 atom stereocenters. The number of hydrogen-bond donors (Lipinski definition) is 0. The van der Waals surface area contributed by atoms with Crippen LogP contribution >= 0.6 is 0 Å². The zero-order valence-electron chi connectivity index (χ0n) is 11.9. The van der Waals surface area contributed by atoms with Gasteiger partial charge in [-0.05, 0) is 35.5 Å². The zero-order valence-corrected chi connectivity index (χ0v) is 11.9. The second-order valence-electron chi connectivity index (χ2n) is 5.44. The number of rotatable bonds is 5. The molecule has 2 aromatic carbocycles. The van der Waals surface area contributed by atoms with Crippen molar-refractivity contribution in [2.24, 2.45) is 5.92 Å². The minimum absolute atomic E-state index is 0.420. The van der Waals surface area contributed by atoms with Crippen LogP contribution in [0.3, 0.4) is 0 Å². The smallest absolute Gasteiger partial charge is 0.125 e. The number of allylic oxidation sites excluding steroid dienone is 1. The molecular weight excluding hydrogens is 256 g/mol. The van der Waals surface area contributed by atoms with E-state index in [-0.39, 0.29) is 0 Å². The second-order valence-corrected chi connectivity index (χ2v) is 5.44. The molecule has 0 heterocycles. The predicted octanol–water partition coefficient (Wildman–Crippen LogP) is 4.62. The van der Waals surface area contributed by atoms with Crippen LogP contribution in [-0.2, 0) is 4.79 Å². The highest BCUT2D eigenvalue weighted by Crippen LogP contribution is 2.48. The van der Waals surface area contributed by atoms with Gasteiger partial charge in [-0.15, -0.1) is 5.73 Å². The van der Waals surface area contributed by atoms with Crippen LogP contribution in [-0.4, -0.2) is 6.29 Å². The normalized spacial score (nSPS) is 19.4.